The number of unbranched alkanes of at least 4 members (excludes halogenated alkanes) is 1. The molecule has 45 heavy (non-hydrogen) atoms. The van der Waals surface area contributed by atoms with Gasteiger partial charge in [0.15, 0.2) is 0 Å². The first-order valence-electron chi connectivity index (χ1n) is 16.7. The number of para-hydroxylation sites is 2. The van der Waals surface area contributed by atoms with E-state index >= 15 is 0 Å². The third-order valence-electron chi connectivity index (χ3n) is 8.58. The van der Waals surface area contributed by atoms with Crippen LogP contribution in [0.15, 0.2) is 48.5 Å². The fourth-order valence-corrected chi connectivity index (χ4v) is 5.62. The lowest BCUT2D eigenvalue weighted by molar-refractivity contribution is -0.268. The molecule has 0 aromatic heterocycles. The van der Waals surface area contributed by atoms with Crippen molar-refractivity contribution in [1.29, 1.82) is 0 Å². The van der Waals surface area contributed by atoms with E-state index in [2.05, 4.69) is 82.9 Å². The maximum atomic E-state index is 13.2. The Labute approximate surface area is 278 Å². The Hall–Kier alpha value is -2.81. The largest absolute Gasteiger partial charge is 0.373 e. The Morgan fingerprint density at radius 2 is 1.51 bits per heavy atom. The number of hydrogen-bond acceptors (Lipinski definition) is 6. The minimum absolute atomic E-state index is 0. The van der Waals surface area contributed by atoms with Crippen LogP contribution in [-0.2, 0) is 32.3 Å². The van der Waals surface area contributed by atoms with E-state index in [4.69, 9.17) is 0 Å². The molecule has 2 aromatic carbocycles. The molecule has 9 heteroatoms. The molecule has 3 aliphatic rings. The lowest BCUT2D eigenvalue weighted by Crippen LogP contribution is -2.51. The molecule has 8 nitrogen and oxygen atoms in total. The number of benzene rings is 2. The highest BCUT2D eigenvalue weighted by Crippen LogP contribution is 2.35. The van der Waals surface area contributed by atoms with Gasteiger partial charge in [0, 0.05) is 65.2 Å². The molecule has 0 spiro atoms. The van der Waals surface area contributed by atoms with Crippen molar-refractivity contribution in [2.24, 2.45) is 11.8 Å². The van der Waals surface area contributed by atoms with Crippen LogP contribution in [0.3, 0.4) is 0 Å². The van der Waals surface area contributed by atoms with Crippen molar-refractivity contribution in [2.75, 3.05) is 69.8 Å². The van der Waals surface area contributed by atoms with Crippen LogP contribution in [0.25, 0.3) is 0 Å². The second-order valence-electron chi connectivity index (χ2n) is 12.1. The Bertz CT molecular complexity index is 1150. The molecule has 0 radical (unpaired) electrons. The van der Waals surface area contributed by atoms with Crippen LogP contribution in [0, 0.1) is 11.8 Å². The van der Waals surface area contributed by atoms with Crippen LogP contribution in [-0.4, -0.2) is 81.6 Å². The van der Waals surface area contributed by atoms with Crippen molar-refractivity contribution in [3.8, 4) is 0 Å². The summed E-state index contributed by atoms with van der Waals surface area (Å²) in [6.45, 7) is 14.3. The molecule has 0 unspecified atom stereocenters. The number of carbonyl (C=O) groups excluding carboxylic acids is 2. The third-order valence-corrected chi connectivity index (χ3v) is 8.58. The van der Waals surface area contributed by atoms with Crippen molar-refractivity contribution >= 4 is 35.6 Å². The van der Waals surface area contributed by atoms with Crippen molar-refractivity contribution in [3.05, 3.63) is 59.7 Å². The van der Waals surface area contributed by atoms with E-state index in [-0.39, 0.29) is 36.6 Å². The molecule has 5 rings (SSSR count). The summed E-state index contributed by atoms with van der Waals surface area (Å²) >= 11 is 0. The highest BCUT2D eigenvalue weighted by molar-refractivity contribution is 5.86. The maximum Gasteiger partial charge on any atom is 0.226 e. The minimum Gasteiger partial charge on any atom is -0.373 e. The predicted octanol–water partition coefficient (Wildman–Crippen LogP) is 6.61. The zero-order valence-corrected chi connectivity index (χ0v) is 29.3. The molecule has 2 aromatic rings. The second-order valence-corrected chi connectivity index (χ2v) is 12.1. The molecule has 2 aliphatic heterocycles. The van der Waals surface area contributed by atoms with Gasteiger partial charge in [0.1, 0.15) is 0 Å². The van der Waals surface area contributed by atoms with E-state index in [9.17, 15) is 9.59 Å². The molecule has 2 fully saturated rings. The summed E-state index contributed by atoms with van der Waals surface area (Å²) in [5.41, 5.74) is 5.10. The molecule has 1 saturated carbocycles. The summed E-state index contributed by atoms with van der Waals surface area (Å²) in [6.07, 6.45) is 6.51. The number of nitrogens with zero attached hydrogens (tertiary/aromatic N) is 4. The van der Waals surface area contributed by atoms with Crippen LogP contribution in [0.4, 0.5) is 11.4 Å². The SMILES string of the molecule is CCCC.CCOOC.C[C@@H](CC(=O)N1CCc2ccccc2C1)C(=O)N1CCN(c2ccccc2N(C)CC2CC2)CC1.Cl. The van der Waals surface area contributed by atoms with Gasteiger partial charge in [0.2, 0.25) is 11.8 Å². The number of piperazine rings is 1. The lowest BCUT2D eigenvalue weighted by atomic mass is 9.98. The van der Waals surface area contributed by atoms with Gasteiger partial charge in [0.05, 0.1) is 25.1 Å². The Balaban J connectivity index is 0.000000625. The van der Waals surface area contributed by atoms with Gasteiger partial charge in [-0.1, -0.05) is 70.0 Å². The van der Waals surface area contributed by atoms with Gasteiger partial charge in [-0.15, -0.1) is 12.4 Å². The predicted molar refractivity (Wildman–Crippen MR) is 187 cm³/mol. The molecule has 252 valence electrons. The van der Waals surface area contributed by atoms with E-state index in [1.807, 2.05) is 29.7 Å². The summed E-state index contributed by atoms with van der Waals surface area (Å²) in [7, 11) is 3.68. The summed E-state index contributed by atoms with van der Waals surface area (Å²) in [6, 6.07) is 17.0. The number of rotatable bonds is 10. The fraction of sp³-hybridized carbons (Fsp3) is 0.611. The molecule has 1 atom stereocenters. The van der Waals surface area contributed by atoms with Gasteiger partial charge in [0.25, 0.3) is 0 Å². The lowest BCUT2D eigenvalue weighted by Gasteiger charge is -2.39. The van der Waals surface area contributed by atoms with Gasteiger partial charge in [-0.05, 0) is 55.4 Å². The fourth-order valence-electron chi connectivity index (χ4n) is 5.62. The van der Waals surface area contributed by atoms with Crippen molar-refractivity contribution in [1.82, 2.24) is 9.80 Å². The van der Waals surface area contributed by atoms with E-state index in [0.717, 1.165) is 38.5 Å². The Morgan fingerprint density at radius 1 is 0.889 bits per heavy atom. The maximum absolute atomic E-state index is 13.2. The molecule has 0 bridgehead atoms. The third kappa shape index (κ3) is 12.1. The average molecular weight is 645 g/mol. The highest BCUT2D eigenvalue weighted by atomic mass is 35.5. The standard InChI is InChI=1S/C29H38N4O2.C4H10.C3H8O2.ClH/c1-22(19-28(34)33-14-13-24-7-3-4-8-25(24)21-33)29(35)32-17-15-31(16-18-32)27-10-6-5-9-26(27)30(2)20-23-11-12-23;1-3-4-2;1-3-5-4-2;/h3-10,22-23H,11-21H2,1-2H3;3-4H2,1-2H3;3H2,1-2H3;1H/t22-;;;/m0.../s1. The van der Waals surface area contributed by atoms with Crippen LogP contribution in [0.2, 0.25) is 0 Å². The quantitative estimate of drug-likeness (QED) is 0.214. The highest BCUT2D eigenvalue weighted by Gasteiger charge is 2.30. The normalized spacial score (nSPS) is 16.2. The molecule has 0 N–H and O–H groups in total. The summed E-state index contributed by atoms with van der Waals surface area (Å²) in [4.78, 5) is 43.3. The zero-order chi connectivity index (χ0) is 31.9. The molecule has 2 heterocycles. The average Bonchev–Trinajstić information content (AvgIpc) is 3.89. The van der Waals surface area contributed by atoms with Crippen LogP contribution in [0.5, 0.6) is 0 Å². The smallest absolute Gasteiger partial charge is 0.226 e. The summed E-state index contributed by atoms with van der Waals surface area (Å²) < 4.78 is 0. The van der Waals surface area contributed by atoms with E-state index in [1.165, 1.54) is 55.3 Å². The molecule has 1 saturated heterocycles. The number of halogens is 1. The summed E-state index contributed by atoms with van der Waals surface area (Å²) in [5, 5.41) is 0. The molecule has 1 aliphatic carbocycles. The zero-order valence-electron chi connectivity index (χ0n) is 28.5. The first kappa shape index (κ1) is 38.4. The number of fused-ring (bicyclic) bond motifs is 1. The molecular weight excluding hydrogens is 588 g/mol. The monoisotopic (exact) mass is 644 g/mol. The van der Waals surface area contributed by atoms with Gasteiger partial charge in [-0.2, -0.15) is 0 Å². The Kier molecular flexibility index (Phi) is 17.3. The number of carbonyl (C=O) groups is 2. The first-order chi connectivity index (χ1) is 21.3. The van der Waals surface area contributed by atoms with Gasteiger partial charge >= 0.3 is 0 Å². The topological polar surface area (TPSA) is 65.6 Å². The van der Waals surface area contributed by atoms with Gasteiger partial charge in [-0.25, -0.2) is 9.78 Å². The first-order valence-corrected chi connectivity index (χ1v) is 16.7. The van der Waals surface area contributed by atoms with Crippen molar-refractivity contribution in [3.63, 3.8) is 0 Å². The van der Waals surface area contributed by atoms with E-state index in [1.54, 1.807) is 0 Å². The van der Waals surface area contributed by atoms with Crippen LogP contribution >= 0.6 is 12.4 Å². The van der Waals surface area contributed by atoms with E-state index in [0.29, 0.717) is 26.2 Å². The van der Waals surface area contributed by atoms with Gasteiger partial charge < -0.3 is 19.6 Å². The second kappa shape index (κ2) is 20.3. The van der Waals surface area contributed by atoms with Crippen molar-refractivity contribution < 1.29 is 19.4 Å². The van der Waals surface area contributed by atoms with Crippen LogP contribution < -0.4 is 9.80 Å². The Morgan fingerprint density at radius 3 is 2.09 bits per heavy atom. The number of anilines is 2. The number of hydrogen-bond donors (Lipinski definition) is 0. The van der Waals surface area contributed by atoms with E-state index < -0.39 is 0 Å². The summed E-state index contributed by atoms with van der Waals surface area (Å²) in [5.74, 6) is 0.746. The molecule has 2 amide bonds. The molecular formula is C36H57ClN4O4. The van der Waals surface area contributed by atoms with Crippen LogP contribution in [0.1, 0.15) is 70.9 Å². The van der Waals surface area contributed by atoms with Gasteiger partial charge in [-0.3, -0.25) is 9.59 Å². The number of amides is 2. The minimum atomic E-state index is -0.289. The van der Waals surface area contributed by atoms with Crippen molar-refractivity contribution in [2.45, 2.75) is 72.8 Å².